The lowest BCUT2D eigenvalue weighted by Gasteiger charge is -2.18. The number of nitrogens with zero attached hydrogens (tertiary/aromatic N) is 2. The van der Waals surface area contributed by atoms with E-state index in [2.05, 4.69) is 21.2 Å². The smallest absolute Gasteiger partial charge is 0.339 e. The van der Waals surface area contributed by atoms with Crippen LogP contribution in [-0.2, 0) is 9.53 Å². The summed E-state index contributed by atoms with van der Waals surface area (Å²) >= 11 is 3.20. The second-order valence-corrected chi connectivity index (χ2v) is 7.15. The van der Waals surface area contributed by atoms with Gasteiger partial charge in [0.2, 0.25) is 6.10 Å². The molecule has 31 heavy (non-hydrogen) atoms. The van der Waals surface area contributed by atoms with Crippen molar-refractivity contribution in [2.75, 3.05) is 5.32 Å². The fourth-order valence-electron chi connectivity index (χ4n) is 2.67. The summed E-state index contributed by atoms with van der Waals surface area (Å²) in [6.45, 7) is 0. The molecular formula is C22H14BrN3O5. The third kappa shape index (κ3) is 5.32. The van der Waals surface area contributed by atoms with Crippen molar-refractivity contribution in [1.29, 1.82) is 5.26 Å². The summed E-state index contributed by atoms with van der Waals surface area (Å²) in [4.78, 5) is 35.9. The monoisotopic (exact) mass is 479 g/mol. The minimum Gasteiger partial charge on any atom is -0.444 e. The number of rotatable bonds is 6. The van der Waals surface area contributed by atoms with E-state index in [1.54, 1.807) is 30.3 Å². The van der Waals surface area contributed by atoms with Gasteiger partial charge in [-0.25, -0.2) is 4.79 Å². The van der Waals surface area contributed by atoms with Gasteiger partial charge in [0.15, 0.2) is 0 Å². The standard InChI is InChI=1S/C22H14BrN3O5/c23-18-12-17(26(29)30)10-11-19(18)25-21(27)20(15-4-2-1-3-5-15)31-22(28)16-8-6-14(13-24)7-9-16/h1-12,20H,(H,25,27). The van der Waals surface area contributed by atoms with E-state index in [9.17, 15) is 19.7 Å². The Hall–Kier alpha value is -4.03. The number of nitro groups is 1. The van der Waals surface area contributed by atoms with Gasteiger partial charge in [0, 0.05) is 22.2 Å². The van der Waals surface area contributed by atoms with Crippen LogP contribution in [0.5, 0.6) is 0 Å². The molecule has 0 aliphatic carbocycles. The number of carbonyl (C=O) groups is 2. The van der Waals surface area contributed by atoms with Gasteiger partial charge in [-0.15, -0.1) is 0 Å². The summed E-state index contributed by atoms with van der Waals surface area (Å²) in [5, 5.41) is 22.4. The molecule has 3 rings (SSSR count). The molecule has 3 aromatic carbocycles. The second-order valence-electron chi connectivity index (χ2n) is 6.30. The van der Waals surface area contributed by atoms with Crippen LogP contribution in [0.4, 0.5) is 11.4 Å². The summed E-state index contributed by atoms with van der Waals surface area (Å²) in [6.07, 6.45) is -1.27. The maximum atomic E-state index is 13.0. The molecule has 1 unspecified atom stereocenters. The molecule has 0 aromatic heterocycles. The Labute approximate surface area is 185 Å². The van der Waals surface area contributed by atoms with Crippen molar-refractivity contribution >= 4 is 39.2 Å². The van der Waals surface area contributed by atoms with E-state index >= 15 is 0 Å². The molecule has 1 amide bonds. The van der Waals surface area contributed by atoms with E-state index in [1.165, 1.54) is 42.5 Å². The molecule has 154 valence electrons. The predicted octanol–water partition coefficient (Wildman–Crippen LogP) is 4.77. The van der Waals surface area contributed by atoms with Crippen molar-refractivity contribution in [3.05, 3.63) is 104 Å². The normalized spacial score (nSPS) is 11.1. The summed E-state index contributed by atoms with van der Waals surface area (Å²) in [7, 11) is 0. The van der Waals surface area contributed by atoms with Gasteiger partial charge in [0.1, 0.15) is 0 Å². The largest absolute Gasteiger partial charge is 0.444 e. The quantitative estimate of drug-likeness (QED) is 0.308. The lowest BCUT2D eigenvalue weighted by molar-refractivity contribution is -0.384. The highest BCUT2D eigenvalue weighted by Gasteiger charge is 2.26. The Balaban J connectivity index is 1.85. The number of carbonyl (C=O) groups excluding carboxylic acids is 2. The maximum absolute atomic E-state index is 13.0. The van der Waals surface area contributed by atoms with Crippen LogP contribution >= 0.6 is 15.9 Å². The van der Waals surface area contributed by atoms with Crippen LogP contribution < -0.4 is 5.32 Å². The van der Waals surface area contributed by atoms with Crippen LogP contribution in [0.3, 0.4) is 0 Å². The minimum atomic E-state index is -1.27. The molecule has 0 heterocycles. The van der Waals surface area contributed by atoms with Crippen LogP contribution in [0, 0.1) is 21.4 Å². The summed E-state index contributed by atoms with van der Waals surface area (Å²) in [5.74, 6) is -1.38. The molecule has 0 bridgehead atoms. The van der Waals surface area contributed by atoms with Gasteiger partial charge >= 0.3 is 5.97 Å². The minimum absolute atomic E-state index is 0.142. The summed E-state index contributed by atoms with van der Waals surface area (Å²) < 4.78 is 5.78. The molecule has 0 radical (unpaired) electrons. The number of amides is 1. The third-order valence-electron chi connectivity index (χ3n) is 4.24. The van der Waals surface area contributed by atoms with E-state index in [1.807, 2.05) is 6.07 Å². The van der Waals surface area contributed by atoms with Gasteiger partial charge < -0.3 is 10.1 Å². The Bertz CT molecular complexity index is 1170. The number of esters is 1. The van der Waals surface area contributed by atoms with E-state index < -0.39 is 22.9 Å². The van der Waals surface area contributed by atoms with Gasteiger partial charge in [-0.05, 0) is 46.3 Å². The van der Waals surface area contributed by atoms with Crippen LogP contribution in [0.2, 0.25) is 0 Å². The van der Waals surface area contributed by atoms with E-state index in [4.69, 9.17) is 10.00 Å². The fourth-order valence-corrected chi connectivity index (χ4v) is 3.14. The topological polar surface area (TPSA) is 122 Å². The third-order valence-corrected chi connectivity index (χ3v) is 4.89. The number of hydrogen-bond acceptors (Lipinski definition) is 6. The lowest BCUT2D eigenvalue weighted by atomic mass is 10.1. The molecule has 1 N–H and O–H groups in total. The Kier molecular flexibility index (Phi) is 6.74. The number of anilines is 1. The van der Waals surface area contributed by atoms with Gasteiger partial charge in [-0.3, -0.25) is 14.9 Å². The van der Waals surface area contributed by atoms with E-state index in [0.29, 0.717) is 15.6 Å². The zero-order valence-electron chi connectivity index (χ0n) is 15.8. The summed E-state index contributed by atoms with van der Waals surface area (Å²) in [5.41, 5.74) is 1.16. The van der Waals surface area contributed by atoms with Crippen LogP contribution in [0.15, 0.2) is 77.3 Å². The van der Waals surface area contributed by atoms with E-state index in [0.717, 1.165) is 0 Å². The first-order valence-electron chi connectivity index (χ1n) is 8.90. The number of non-ortho nitro benzene ring substituents is 1. The van der Waals surface area contributed by atoms with Crippen molar-refractivity contribution in [2.45, 2.75) is 6.10 Å². The first-order valence-corrected chi connectivity index (χ1v) is 9.69. The molecular weight excluding hydrogens is 466 g/mol. The van der Waals surface area contributed by atoms with Gasteiger partial charge in [-0.2, -0.15) is 5.26 Å². The highest BCUT2D eigenvalue weighted by molar-refractivity contribution is 9.10. The average Bonchev–Trinajstić information content (AvgIpc) is 2.79. The first-order chi connectivity index (χ1) is 14.9. The SMILES string of the molecule is N#Cc1ccc(C(=O)OC(C(=O)Nc2ccc([N+](=O)[O-])cc2Br)c2ccccc2)cc1. The number of benzene rings is 3. The Morgan fingerprint density at radius 3 is 2.32 bits per heavy atom. The molecule has 8 nitrogen and oxygen atoms in total. The molecule has 0 saturated heterocycles. The number of halogens is 1. The first kappa shape index (κ1) is 21.7. The molecule has 3 aromatic rings. The number of nitriles is 1. The van der Waals surface area contributed by atoms with E-state index in [-0.39, 0.29) is 16.9 Å². The number of hydrogen-bond donors (Lipinski definition) is 1. The molecule has 9 heteroatoms. The molecule has 0 fully saturated rings. The van der Waals surface area contributed by atoms with Crippen LogP contribution in [0.25, 0.3) is 0 Å². The van der Waals surface area contributed by atoms with Crippen molar-refractivity contribution in [1.82, 2.24) is 0 Å². The number of nitrogens with one attached hydrogen (secondary N) is 1. The van der Waals surface area contributed by atoms with Crippen molar-refractivity contribution in [3.8, 4) is 6.07 Å². The number of ether oxygens (including phenoxy) is 1. The number of nitro benzene ring substituents is 1. The van der Waals surface area contributed by atoms with Gasteiger partial charge in [0.25, 0.3) is 11.6 Å². The molecule has 0 saturated carbocycles. The van der Waals surface area contributed by atoms with Crippen molar-refractivity contribution in [3.63, 3.8) is 0 Å². The van der Waals surface area contributed by atoms with Crippen LogP contribution in [0.1, 0.15) is 27.6 Å². The molecule has 0 aliphatic rings. The highest BCUT2D eigenvalue weighted by Crippen LogP contribution is 2.29. The van der Waals surface area contributed by atoms with Gasteiger partial charge in [0.05, 0.1) is 27.8 Å². The Morgan fingerprint density at radius 2 is 1.74 bits per heavy atom. The van der Waals surface area contributed by atoms with Crippen molar-refractivity contribution in [2.24, 2.45) is 0 Å². The summed E-state index contributed by atoms with van der Waals surface area (Å²) in [6, 6.07) is 20.1. The second kappa shape index (κ2) is 9.65. The Morgan fingerprint density at radius 1 is 1.06 bits per heavy atom. The van der Waals surface area contributed by atoms with Crippen molar-refractivity contribution < 1.29 is 19.2 Å². The molecule has 1 atom stereocenters. The van der Waals surface area contributed by atoms with Crippen LogP contribution in [-0.4, -0.2) is 16.8 Å². The zero-order chi connectivity index (χ0) is 22.4. The average molecular weight is 480 g/mol. The lowest BCUT2D eigenvalue weighted by Crippen LogP contribution is -2.26. The zero-order valence-corrected chi connectivity index (χ0v) is 17.4. The fraction of sp³-hybridized carbons (Fsp3) is 0.0455. The molecule has 0 aliphatic heterocycles. The maximum Gasteiger partial charge on any atom is 0.339 e. The molecule has 0 spiro atoms. The highest BCUT2D eigenvalue weighted by atomic mass is 79.9. The predicted molar refractivity (Wildman–Crippen MR) is 115 cm³/mol. The van der Waals surface area contributed by atoms with Gasteiger partial charge in [-0.1, -0.05) is 30.3 Å².